The zero-order chi connectivity index (χ0) is 27.9. The number of methoxy groups -OCH3 is 2. The Bertz CT molecular complexity index is 1660. The number of ether oxygens (including phenoxy) is 4. The number of carbonyl (C=O) groups excluding carboxylic acids is 2. The number of esters is 2. The molecule has 5 rings (SSSR count). The monoisotopic (exact) mass is 534 g/mol. The van der Waals surface area contributed by atoms with E-state index in [-0.39, 0.29) is 23.5 Å². The van der Waals surface area contributed by atoms with E-state index in [1.807, 2.05) is 36.4 Å². The highest BCUT2D eigenvalue weighted by Gasteiger charge is 2.27. The van der Waals surface area contributed by atoms with Gasteiger partial charge >= 0.3 is 11.9 Å². The molecule has 0 atom stereocenters. The van der Waals surface area contributed by atoms with Crippen LogP contribution in [0.1, 0.15) is 31.8 Å². The highest BCUT2D eigenvalue weighted by Crippen LogP contribution is 2.36. The van der Waals surface area contributed by atoms with Gasteiger partial charge in [-0.1, -0.05) is 84.9 Å². The number of carbonyl (C=O) groups is 2. The van der Waals surface area contributed by atoms with E-state index < -0.39 is 11.9 Å². The van der Waals surface area contributed by atoms with E-state index in [1.54, 1.807) is 6.07 Å². The molecule has 0 saturated heterocycles. The highest BCUT2D eigenvalue weighted by atomic mass is 16.5. The minimum absolute atomic E-state index is 0.0186. The van der Waals surface area contributed by atoms with Crippen LogP contribution in [0.25, 0.3) is 21.5 Å². The Balaban J connectivity index is 1.43. The van der Waals surface area contributed by atoms with Gasteiger partial charge in [-0.2, -0.15) is 0 Å². The van der Waals surface area contributed by atoms with Gasteiger partial charge in [0.05, 0.1) is 33.0 Å². The molecule has 202 valence electrons. The van der Waals surface area contributed by atoms with E-state index in [2.05, 4.69) is 48.5 Å². The Morgan fingerprint density at radius 2 is 1.10 bits per heavy atom. The fraction of sp³-hybridized carbons (Fsp3) is 0.176. The van der Waals surface area contributed by atoms with Crippen LogP contribution < -0.4 is 9.47 Å². The summed E-state index contributed by atoms with van der Waals surface area (Å²) in [6.07, 6.45) is 1.23. The van der Waals surface area contributed by atoms with Gasteiger partial charge in [-0.05, 0) is 44.8 Å². The molecule has 0 aliphatic heterocycles. The van der Waals surface area contributed by atoms with Crippen molar-refractivity contribution in [2.45, 2.75) is 12.8 Å². The van der Waals surface area contributed by atoms with Crippen molar-refractivity contribution in [2.75, 3.05) is 27.4 Å². The Morgan fingerprint density at radius 1 is 0.575 bits per heavy atom. The van der Waals surface area contributed by atoms with Gasteiger partial charge in [-0.3, -0.25) is 0 Å². The lowest BCUT2D eigenvalue weighted by Gasteiger charge is -2.18. The normalized spacial score (nSPS) is 10.8. The SMILES string of the molecule is COC(=O)c1ccc(OCCc2cccc3ccccc23)c(OCCc2cccc3ccccc23)c1C(=O)OC. The Kier molecular flexibility index (Phi) is 8.26. The average molecular weight is 535 g/mol. The predicted octanol–water partition coefficient (Wildman–Crippen LogP) is 6.81. The molecular weight excluding hydrogens is 504 g/mol. The van der Waals surface area contributed by atoms with Crippen LogP contribution in [0.4, 0.5) is 0 Å². The number of rotatable bonds is 10. The van der Waals surface area contributed by atoms with Gasteiger partial charge in [0.2, 0.25) is 0 Å². The van der Waals surface area contributed by atoms with Crippen LogP contribution >= 0.6 is 0 Å². The summed E-state index contributed by atoms with van der Waals surface area (Å²) in [6, 6.07) is 31.8. The van der Waals surface area contributed by atoms with Crippen molar-refractivity contribution < 1.29 is 28.5 Å². The van der Waals surface area contributed by atoms with E-state index in [9.17, 15) is 9.59 Å². The summed E-state index contributed by atoms with van der Waals surface area (Å²) in [6.45, 7) is 0.591. The second-order valence-corrected chi connectivity index (χ2v) is 9.27. The van der Waals surface area contributed by atoms with Crippen LogP contribution in [0.2, 0.25) is 0 Å². The van der Waals surface area contributed by atoms with Gasteiger partial charge in [0, 0.05) is 12.8 Å². The first kappa shape index (κ1) is 26.8. The summed E-state index contributed by atoms with van der Waals surface area (Å²) in [5.74, 6) is -0.860. The summed E-state index contributed by atoms with van der Waals surface area (Å²) >= 11 is 0. The van der Waals surface area contributed by atoms with Crippen molar-refractivity contribution in [3.63, 3.8) is 0 Å². The lowest BCUT2D eigenvalue weighted by molar-refractivity contribution is 0.0550. The third-order valence-electron chi connectivity index (χ3n) is 6.92. The second-order valence-electron chi connectivity index (χ2n) is 9.27. The van der Waals surface area contributed by atoms with Crippen LogP contribution in [0, 0.1) is 0 Å². The standard InChI is InChI=1S/C34H30O6/c1-37-33(35)29-17-18-30(39-21-19-25-13-7-11-23-9-3-5-15-27(23)25)32(31(29)34(36)38-2)40-22-20-26-14-8-12-24-10-4-6-16-28(24)26/h3-18H,19-22H2,1-2H3. The van der Waals surface area contributed by atoms with Gasteiger partial charge in [-0.15, -0.1) is 0 Å². The van der Waals surface area contributed by atoms with Gasteiger partial charge < -0.3 is 18.9 Å². The van der Waals surface area contributed by atoms with Crippen molar-refractivity contribution in [1.29, 1.82) is 0 Å². The molecule has 0 aromatic heterocycles. The molecule has 5 aromatic rings. The third-order valence-corrected chi connectivity index (χ3v) is 6.92. The third kappa shape index (κ3) is 5.61. The van der Waals surface area contributed by atoms with Gasteiger partial charge in [-0.25, -0.2) is 9.59 Å². The fourth-order valence-electron chi connectivity index (χ4n) is 4.96. The van der Waals surface area contributed by atoms with Crippen molar-refractivity contribution in [1.82, 2.24) is 0 Å². The van der Waals surface area contributed by atoms with Crippen LogP contribution in [-0.4, -0.2) is 39.4 Å². The molecule has 0 N–H and O–H groups in total. The molecule has 0 spiro atoms. The van der Waals surface area contributed by atoms with Gasteiger partial charge in [0.1, 0.15) is 5.56 Å². The first-order valence-electron chi connectivity index (χ1n) is 13.1. The van der Waals surface area contributed by atoms with Gasteiger partial charge in [0.15, 0.2) is 11.5 Å². The molecule has 0 unspecified atom stereocenters. The smallest absolute Gasteiger partial charge is 0.342 e. The molecule has 0 aliphatic rings. The summed E-state index contributed by atoms with van der Waals surface area (Å²) < 4.78 is 22.4. The molecule has 0 fully saturated rings. The fourth-order valence-corrected chi connectivity index (χ4v) is 4.96. The average Bonchev–Trinajstić information content (AvgIpc) is 3.00. The molecular formula is C34H30O6. The molecule has 6 heteroatoms. The Morgan fingerprint density at radius 3 is 1.68 bits per heavy atom. The molecule has 0 aliphatic carbocycles. The largest absolute Gasteiger partial charge is 0.489 e. The minimum Gasteiger partial charge on any atom is -0.489 e. The molecule has 0 saturated carbocycles. The van der Waals surface area contributed by atoms with Gasteiger partial charge in [0.25, 0.3) is 0 Å². The Labute approximate surface area is 233 Å². The van der Waals surface area contributed by atoms with Crippen molar-refractivity contribution in [2.24, 2.45) is 0 Å². The zero-order valence-corrected chi connectivity index (χ0v) is 22.5. The van der Waals surface area contributed by atoms with E-state index in [0.29, 0.717) is 25.2 Å². The summed E-state index contributed by atoms with van der Waals surface area (Å²) in [5, 5.41) is 4.60. The molecule has 0 radical (unpaired) electrons. The van der Waals surface area contributed by atoms with E-state index >= 15 is 0 Å². The maximum absolute atomic E-state index is 12.9. The maximum atomic E-state index is 12.9. The second kappa shape index (κ2) is 12.3. The Hall–Kier alpha value is -4.84. The molecule has 0 amide bonds. The first-order chi connectivity index (χ1) is 19.6. The van der Waals surface area contributed by atoms with Crippen molar-refractivity contribution in [3.05, 3.63) is 119 Å². The van der Waals surface area contributed by atoms with E-state index in [1.165, 1.54) is 20.3 Å². The molecule has 6 nitrogen and oxygen atoms in total. The first-order valence-corrected chi connectivity index (χ1v) is 13.1. The van der Waals surface area contributed by atoms with Crippen LogP contribution in [0.5, 0.6) is 11.5 Å². The number of benzene rings is 5. The minimum atomic E-state index is -0.708. The topological polar surface area (TPSA) is 71.1 Å². The number of fused-ring (bicyclic) bond motifs is 2. The van der Waals surface area contributed by atoms with E-state index in [0.717, 1.165) is 32.7 Å². The maximum Gasteiger partial charge on any atom is 0.342 e. The molecule has 40 heavy (non-hydrogen) atoms. The highest BCUT2D eigenvalue weighted by molar-refractivity contribution is 6.05. The molecule has 5 aromatic carbocycles. The van der Waals surface area contributed by atoms with Crippen molar-refractivity contribution in [3.8, 4) is 11.5 Å². The summed E-state index contributed by atoms with van der Waals surface area (Å²) in [7, 11) is 2.52. The summed E-state index contributed by atoms with van der Waals surface area (Å²) in [5.41, 5.74) is 2.29. The lowest BCUT2D eigenvalue weighted by Crippen LogP contribution is -2.16. The predicted molar refractivity (Wildman–Crippen MR) is 155 cm³/mol. The number of hydrogen-bond acceptors (Lipinski definition) is 6. The summed E-state index contributed by atoms with van der Waals surface area (Å²) in [4.78, 5) is 25.5. The molecule has 0 heterocycles. The lowest BCUT2D eigenvalue weighted by atomic mass is 10.0. The number of hydrogen-bond donors (Lipinski definition) is 0. The van der Waals surface area contributed by atoms with Crippen molar-refractivity contribution >= 4 is 33.5 Å². The van der Waals surface area contributed by atoms with Crippen LogP contribution in [0.3, 0.4) is 0 Å². The zero-order valence-electron chi connectivity index (χ0n) is 22.5. The van der Waals surface area contributed by atoms with E-state index in [4.69, 9.17) is 18.9 Å². The molecule has 0 bridgehead atoms. The quantitative estimate of drug-likeness (QED) is 0.183. The van der Waals surface area contributed by atoms with Crippen LogP contribution in [0.15, 0.2) is 97.1 Å². The van der Waals surface area contributed by atoms with Crippen LogP contribution in [-0.2, 0) is 22.3 Å².